The third-order valence-corrected chi connectivity index (χ3v) is 4.50. The highest BCUT2D eigenvalue weighted by Gasteiger charge is 2.17. The van der Waals surface area contributed by atoms with Crippen molar-refractivity contribution in [2.45, 2.75) is 65.4 Å². The van der Waals surface area contributed by atoms with Crippen LogP contribution in [0.15, 0.2) is 47.1 Å². The van der Waals surface area contributed by atoms with Crippen molar-refractivity contribution in [1.82, 2.24) is 0 Å². The molecule has 0 aromatic carbocycles. The van der Waals surface area contributed by atoms with Crippen LogP contribution in [0.1, 0.15) is 59.3 Å². The Morgan fingerprint density at radius 2 is 1.73 bits per heavy atom. The van der Waals surface area contributed by atoms with Gasteiger partial charge in [-0.3, -0.25) is 4.79 Å². The van der Waals surface area contributed by atoms with Gasteiger partial charge in [-0.15, -0.1) is 0 Å². The lowest BCUT2D eigenvalue weighted by molar-refractivity contribution is -0.105. The number of carbonyl (C=O) groups is 1. The zero-order valence-electron chi connectivity index (χ0n) is 14.3. The van der Waals surface area contributed by atoms with Crippen molar-refractivity contribution in [2.75, 3.05) is 0 Å². The van der Waals surface area contributed by atoms with Crippen LogP contribution in [0.5, 0.6) is 0 Å². The van der Waals surface area contributed by atoms with E-state index in [1.54, 1.807) is 0 Å². The van der Waals surface area contributed by atoms with Crippen LogP contribution in [-0.4, -0.2) is 17.5 Å². The molecule has 0 spiro atoms. The second-order valence-corrected chi connectivity index (χ2v) is 6.50. The predicted molar refractivity (Wildman–Crippen MR) is 93.7 cm³/mol. The molecule has 0 aromatic rings. The van der Waals surface area contributed by atoms with Crippen molar-refractivity contribution in [3.63, 3.8) is 0 Å². The van der Waals surface area contributed by atoms with Crippen LogP contribution >= 0.6 is 0 Å². The molecule has 0 aromatic heterocycles. The molecule has 122 valence electrons. The van der Waals surface area contributed by atoms with Gasteiger partial charge >= 0.3 is 0 Å². The van der Waals surface area contributed by atoms with E-state index in [1.807, 2.05) is 6.92 Å². The molecule has 22 heavy (non-hydrogen) atoms. The highest BCUT2D eigenvalue weighted by Crippen LogP contribution is 2.24. The zero-order valence-corrected chi connectivity index (χ0v) is 14.3. The van der Waals surface area contributed by atoms with Gasteiger partial charge < -0.3 is 5.11 Å². The van der Waals surface area contributed by atoms with Crippen molar-refractivity contribution < 1.29 is 9.90 Å². The SMILES string of the molecule is C=C(C=O)C1C/C=C(\C)CC/C=C(\C)CC/C=C(\C)C(O)C1. The van der Waals surface area contributed by atoms with E-state index in [2.05, 4.69) is 38.7 Å². The molecular weight excluding hydrogens is 272 g/mol. The van der Waals surface area contributed by atoms with Gasteiger partial charge in [-0.25, -0.2) is 0 Å². The molecule has 0 amide bonds. The maximum Gasteiger partial charge on any atom is 0.145 e. The number of allylic oxidation sites excluding steroid dienone is 6. The summed E-state index contributed by atoms with van der Waals surface area (Å²) >= 11 is 0. The zero-order chi connectivity index (χ0) is 16.5. The molecule has 1 aliphatic carbocycles. The van der Waals surface area contributed by atoms with Crippen molar-refractivity contribution >= 4 is 6.29 Å². The van der Waals surface area contributed by atoms with Gasteiger partial charge in [-0.2, -0.15) is 0 Å². The first-order chi connectivity index (χ1) is 10.4. The van der Waals surface area contributed by atoms with E-state index >= 15 is 0 Å². The Morgan fingerprint density at radius 3 is 2.36 bits per heavy atom. The predicted octanol–water partition coefficient (Wildman–Crippen LogP) is 4.91. The maximum absolute atomic E-state index is 11.1. The molecule has 2 heteroatoms. The molecule has 0 saturated heterocycles. The molecule has 0 fully saturated rings. The average Bonchev–Trinajstić information content (AvgIpc) is 2.49. The maximum atomic E-state index is 11.1. The lowest BCUT2D eigenvalue weighted by Gasteiger charge is -2.20. The summed E-state index contributed by atoms with van der Waals surface area (Å²) in [5.41, 5.74) is 4.33. The number of aliphatic hydroxyl groups is 1. The van der Waals surface area contributed by atoms with Gasteiger partial charge in [0.15, 0.2) is 0 Å². The molecule has 2 atom stereocenters. The third-order valence-electron chi connectivity index (χ3n) is 4.50. The quantitative estimate of drug-likeness (QED) is 0.447. The summed E-state index contributed by atoms with van der Waals surface area (Å²) in [6.45, 7) is 10.1. The Kier molecular flexibility index (Phi) is 8.11. The summed E-state index contributed by atoms with van der Waals surface area (Å²) < 4.78 is 0. The monoisotopic (exact) mass is 302 g/mol. The van der Waals surface area contributed by atoms with Crippen LogP contribution in [0.2, 0.25) is 0 Å². The van der Waals surface area contributed by atoms with Crippen LogP contribution < -0.4 is 0 Å². The number of carbonyl (C=O) groups excluding carboxylic acids is 1. The minimum atomic E-state index is -0.498. The summed E-state index contributed by atoms with van der Waals surface area (Å²) in [7, 11) is 0. The standard InChI is InChI=1S/C20H30O2/c1-15-7-5-8-16(2)11-12-19(18(4)14-21)13-20(22)17(3)10-6-9-15/h7,10-11,14,19-20,22H,4-6,8-9,12-13H2,1-3H3/b15-7+,16-11+,17-10+. The molecule has 0 aliphatic heterocycles. The first-order valence-electron chi connectivity index (χ1n) is 8.24. The van der Waals surface area contributed by atoms with Gasteiger partial charge in [0, 0.05) is 0 Å². The minimum Gasteiger partial charge on any atom is -0.389 e. The van der Waals surface area contributed by atoms with Crippen LogP contribution in [-0.2, 0) is 4.79 Å². The highest BCUT2D eigenvalue weighted by atomic mass is 16.3. The molecule has 1 aliphatic rings. The number of hydrogen-bond donors (Lipinski definition) is 1. The van der Waals surface area contributed by atoms with Gasteiger partial charge in [0.2, 0.25) is 0 Å². The molecule has 2 unspecified atom stereocenters. The Balaban J connectivity index is 2.94. The Labute approximate surface area is 135 Å². The molecule has 1 N–H and O–H groups in total. The van der Waals surface area contributed by atoms with Gasteiger partial charge in [0.1, 0.15) is 6.29 Å². The number of aldehydes is 1. The Morgan fingerprint density at radius 1 is 1.14 bits per heavy atom. The summed E-state index contributed by atoms with van der Waals surface area (Å²) in [5.74, 6) is 0.0195. The number of rotatable bonds is 2. The van der Waals surface area contributed by atoms with Crippen molar-refractivity contribution in [3.8, 4) is 0 Å². The van der Waals surface area contributed by atoms with Crippen molar-refractivity contribution in [3.05, 3.63) is 47.1 Å². The second-order valence-electron chi connectivity index (χ2n) is 6.50. The molecule has 0 heterocycles. The topological polar surface area (TPSA) is 37.3 Å². The second kappa shape index (κ2) is 9.58. The summed E-state index contributed by atoms with van der Waals surface area (Å²) in [5, 5.41) is 10.4. The normalized spacial score (nSPS) is 32.5. The smallest absolute Gasteiger partial charge is 0.145 e. The van der Waals surface area contributed by atoms with Gasteiger partial charge in [0.25, 0.3) is 0 Å². The van der Waals surface area contributed by atoms with Crippen molar-refractivity contribution in [2.24, 2.45) is 5.92 Å². The molecule has 0 bridgehead atoms. The first-order valence-corrected chi connectivity index (χ1v) is 8.24. The fourth-order valence-electron chi connectivity index (χ4n) is 2.71. The number of hydrogen-bond acceptors (Lipinski definition) is 2. The fraction of sp³-hybridized carbons (Fsp3) is 0.550. The number of aliphatic hydroxyl groups excluding tert-OH is 1. The van der Waals surface area contributed by atoms with E-state index in [0.29, 0.717) is 12.0 Å². The van der Waals surface area contributed by atoms with E-state index < -0.39 is 6.10 Å². The Hall–Kier alpha value is -1.41. The Bertz CT molecular complexity index is 480. The third kappa shape index (κ3) is 6.57. The van der Waals surface area contributed by atoms with E-state index in [-0.39, 0.29) is 5.92 Å². The van der Waals surface area contributed by atoms with E-state index in [4.69, 9.17) is 0 Å². The van der Waals surface area contributed by atoms with E-state index in [9.17, 15) is 9.90 Å². The molecule has 2 nitrogen and oxygen atoms in total. The van der Waals surface area contributed by atoms with Crippen LogP contribution in [0.4, 0.5) is 0 Å². The fourth-order valence-corrected chi connectivity index (χ4v) is 2.71. The van der Waals surface area contributed by atoms with Gasteiger partial charge in [-0.05, 0) is 76.4 Å². The summed E-state index contributed by atoms with van der Waals surface area (Å²) in [6, 6.07) is 0. The van der Waals surface area contributed by atoms with Crippen LogP contribution in [0, 0.1) is 5.92 Å². The lowest BCUT2D eigenvalue weighted by atomic mass is 9.88. The molecule has 1 rings (SSSR count). The van der Waals surface area contributed by atoms with E-state index in [0.717, 1.165) is 44.0 Å². The van der Waals surface area contributed by atoms with Gasteiger partial charge in [-0.1, -0.05) is 36.0 Å². The first kappa shape index (κ1) is 18.6. The van der Waals surface area contributed by atoms with Crippen molar-refractivity contribution in [1.29, 1.82) is 0 Å². The summed E-state index contributed by atoms with van der Waals surface area (Å²) in [4.78, 5) is 11.1. The van der Waals surface area contributed by atoms with E-state index in [1.165, 1.54) is 11.1 Å². The lowest BCUT2D eigenvalue weighted by Crippen LogP contribution is -2.16. The summed E-state index contributed by atoms with van der Waals surface area (Å²) in [6.07, 6.45) is 12.4. The minimum absolute atomic E-state index is 0.0195. The highest BCUT2D eigenvalue weighted by molar-refractivity contribution is 5.72. The average molecular weight is 302 g/mol. The van der Waals surface area contributed by atoms with Gasteiger partial charge in [0.05, 0.1) is 6.10 Å². The molecule has 0 radical (unpaired) electrons. The van der Waals surface area contributed by atoms with Crippen LogP contribution in [0.25, 0.3) is 0 Å². The van der Waals surface area contributed by atoms with Crippen LogP contribution in [0.3, 0.4) is 0 Å². The largest absolute Gasteiger partial charge is 0.389 e. The molecule has 0 saturated carbocycles. The molecular formula is C20H30O2.